The molecule has 0 fully saturated rings. The molecule has 10 heteroatoms. The summed E-state index contributed by atoms with van der Waals surface area (Å²) in [7, 11) is -3.28. The molecule has 0 aliphatic carbocycles. The first-order chi connectivity index (χ1) is 11.3. The molecule has 0 aromatic carbocycles. The standard InChI is InChI=1S/C14H19N5O3S2/c1-10-17-13(9-23-10)14(20)18-6-11(5-16-24(2,21)22)7-19-12(8-18)3-4-15-19/h3-4,9,11,16H,5-8H2,1-2H3/t11-/m0/s1. The number of hydrogen-bond acceptors (Lipinski definition) is 6. The molecular weight excluding hydrogens is 350 g/mol. The molecule has 0 unspecified atom stereocenters. The smallest absolute Gasteiger partial charge is 0.273 e. The van der Waals surface area contributed by atoms with E-state index in [1.807, 2.05) is 17.7 Å². The van der Waals surface area contributed by atoms with Gasteiger partial charge in [0.15, 0.2) is 0 Å². The van der Waals surface area contributed by atoms with Gasteiger partial charge in [0.1, 0.15) is 5.69 Å². The van der Waals surface area contributed by atoms with Gasteiger partial charge >= 0.3 is 0 Å². The van der Waals surface area contributed by atoms with Crippen molar-refractivity contribution < 1.29 is 13.2 Å². The Balaban J connectivity index is 1.82. The zero-order valence-electron chi connectivity index (χ0n) is 13.5. The van der Waals surface area contributed by atoms with Gasteiger partial charge in [-0.2, -0.15) is 5.10 Å². The van der Waals surface area contributed by atoms with Crippen LogP contribution in [0.5, 0.6) is 0 Å². The lowest BCUT2D eigenvalue weighted by molar-refractivity contribution is 0.0717. The number of sulfonamides is 1. The van der Waals surface area contributed by atoms with E-state index < -0.39 is 10.0 Å². The number of amides is 1. The van der Waals surface area contributed by atoms with Crippen LogP contribution in [-0.2, 0) is 23.1 Å². The highest BCUT2D eigenvalue weighted by Gasteiger charge is 2.27. The van der Waals surface area contributed by atoms with Gasteiger partial charge in [-0.25, -0.2) is 18.1 Å². The molecular formula is C14H19N5O3S2. The maximum absolute atomic E-state index is 12.7. The summed E-state index contributed by atoms with van der Waals surface area (Å²) < 4.78 is 27.1. The number of carbonyl (C=O) groups excluding carboxylic acids is 1. The second kappa shape index (κ2) is 6.61. The van der Waals surface area contributed by atoms with Gasteiger partial charge in [-0.3, -0.25) is 9.48 Å². The minimum Gasteiger partial charge on any atom is -0.331 e. The highest BCUT2D eigenvalue weighted by Crippen LogP contribution is 2.19. The van der Waals surface area contributed by atoms with Crippen molar-refractivity contribution >= 4 is 27.3 Å². The van der Waals surface area contributed by atoms with Gasteiger partial charge in [0.05, 0.1) is 23.5 Å². The fourth-order valence-electron chi connectivity index (χ4n) is 2.71. The molecule has 3 heterocycles. The molecule has 1 amide bonds. The Morgan fingerprint density at radius 3 is 2.92 bits per heavy atom. The van der Waals surface area contributed by atoms with E-state index in [0.717, 1.165) is 17.0 Å². The number of aromatic nitrogens is 3. The van der Waals surface area contributed by atoms with Gasteiger partial charge in [-0.15, -0.1) is 11.3 Å². The van der Waals surface area contributed by atoms with Crippen molar-refractivity contribution in [1.82, 2.24) is 24.4 Å². The average molecular weight is 369 g/mol. The van der Waals surface area contributed by atoms with E-state index in [-0.39, 0.29) is 18.4 Å². The van der Waals surface area contributed by atoms with Crippen molar-refractivity contribution in [3.8, 4) is 0 Å². The van der Waals surface area contributed by atoms with Crippen LogP contribution < -0.4 is 4.72 Å². The molecule has 1 aliphatic heterocycles. The fraction of sp³-hybridized carbons (Fsp3) is 0.500. The summed E-state index contributed by atoms with van der Waals surface area (Å²) in [4.78, 5) is 18.7. The lowest BCUT2D eigenvalue weighted by Crippen LogP contribution is -2.38. The Kier molecular flexibility index (Phi) is 4.70. The first-order valence-corrected chi connectivity index (χ1v) is 10.3. The van der Waals surface area contributed by atoms with Crippen LogP contribution in [0.2, 0.25) is 0 Å². The van der Waals surface area contributed by atoms with Gasteiger partial charge in [0.25, 0.3) is 5.91 Å². The van der Waals surface area contributed by atoms with Crippen LogP contribution >= 0.6 is 11.3 Å². The van der Waals surface area contributed by atoms with Crippen LogP contribution in [0.4, 0.5) is 0 Å². The molecule has 0 saturated carbocycles. The summed E-state index contributed by atoms with van der Waals surface area (Å²) in [5, 5.41) is 6.86. The van der Waals surface area contributed by atoms with Crippen LogP contribution in [0.15, 0.2) is 17.6 Å². The first-order valence-electron chi connectivity index (χ1n) is 7.48. The monoisotopic (exact) mass is 369 g/mol. The second-order valence-electron chi connectivity index (χ2n) is 5.93. The van der Waals surface area contributed by atoms with Crippen molar-refractivity contribution in [2.24, 2.45) is 5.92 Å². The van der Waals surface area contributed by atoms with Gasteiger partial charge < -0.3 is 4.90 Å². The maximum Gasteiger partial charge on any atom is 0.273 e. The van der Waals surface area contributed by atoms with Gasteiger partial charge in [0, 0.05) is 37.1 Å². The van der Waals surface area contributed by atoms with E-state index in [4.69, 9.17) is 0 Å². The lowest BCUT2D eigenvalue weighted by atomic mass is 10.1. The lowest BCUT2D eigenvalue weighted by Gasteiger charge is -2.23. The zero-order chi connectivity index (χ0) is 17.3. The fourth-order valence-corrected chi connectivity index (χ4v) is 3.83. The van der Waals surface area contributed by atoms with E-state index in [9.17, 15) is 13.2 Å². The molecule has 0 spiro atoms. The SMILES string of the molecule is Cc1nc(C(=O)N2Cc3ccnn3C[C@@H](CNS(C)(=O)=O)C2)cs1. The Morgan fingerprint density at radius 1 is 1.46 bits per heavy atom. The largest absolute Gasteiger partial charge is 0.331 e. The number of nitrogens with one attached hydrogen (secondary N) is 1. The quantitative estimate of drug-likeness (QED) is 0.845. The van der Waals surface area contributed by atoms with Crippen LogP contribution in [0.25, 0.3) is 0 Å². The number of aryl methyl sites for hydroxylation is 1. The molecule has 2 aromatic rings. The molecule has 2 aromatic heterocycles. The number of nitrogens with zero attached hydrogens (tertiary/aromatic N) is 4. The van der Waals surface area contributed by atoms with E-state index >= 15 is 0 Å². The minimum atomic E-state index is -3.28. The van der Waals surface area contributed by atoms with Crippen LogP contribution in [0.3, 0.4) is 0 Å². The third-order valence-corrected chi connectivity index (χ3v) is 5.29. The number of hydrogen-bond donors (Lipinski definition) is 1. The number of carbonyl (C=O) groups is 1. The summed E-state index contributed by atoms with van der Waals surface area (Å²) in [6, 6.07) is 1.87. The number of thiazole rings is 1. The van der Waals surface area contributed by atoms with Crippen molar-refractivity contribution in [3.05, 3.63) is 34.0 Å². The van der Waals surface area contributed by atoms with Crippen LogP contribution in [0, 0.1) is 12.8 Å². The normalized spacial score (nSPS) is 18.2. The van der Waals surface area contributed by atoms with Crippen molar-refractivity contribution in [1.29, 1.82) is 0 Å². The van der Waals surface area contributed by atoms with Gasteiger partial charge in [-0.1, -0.05) is 0 Å². The molecule has 0 bridgehead atoms. The minimum absolute atomic E-state index is 0.0652. The summed E-state index contributed by atoms with van der Waals surface area (Å²) in [6.07, 6.45) is 2.82. The van der Waals surface area contributed by atoms with Crippen LogP contribution in [0.1, 0.15) is 21.2 Å². The third-order valence-electron chi connectivity index (χ3n) is 3.83. The van der Waals surface area contributed by atoms with Gasteiger partial charge in [-0.05, 0) is 13.0 Å². The first kappa shape index (κ1) is 17.1. The molecule has 1 atom stereocenters. The zero-order valence-corrected chi connectivity index (χ0v) is 15.1. The molecule has 1 aliphatic rings. The number of rotatable bonds is 4. The Morgan fingerprint density at radius 2 is 2.25 bits per heavy atom. The molecule has 0 radical (unpaired) electrons. The maximum atomic E-state index is 12.7. The highest BCUT2D eigenvalue weighted by molar-refractivity contribution is 7.88. The van der Waals surface area contributed by atoms with Crippen molar-refractivity contribution in [2.45, 2.75) is 20.0 Å². The molecule has 0 saturated heterocycles. The molecule has 130 valence electrons. The average Bonchev–Trinajstić information content (AvgIpc) is 3.08. The predicted molar refractivity (Wildman–Crippen MR) is 90.2 cm³/mol. The summed E-state index contributed by atoms with van der Waals surface area (Å²) in [5.41, 5.74) is 1.36. The van der Waals surface area contributed by atoms with Crippen LogP contribution in [-0.4, -0.2) is 53.3 Å². The van der Waals surface area contributed by atoms with Crippen molar-refractivity contribution in [2.75, 3.05) is 19.3 Å². The topological polar surface area (TPSA) is 97.2 Å². The second-order valence-corrected chi connectivity index (χ2v) is 8.82. The Hall–Kier alpha value is -1.78. The third kappa shape index (κ3) is 4.00. The molecule has 1 N–H and O–H groups in total. The van der Waals surface area contributed by atoms with E-state index in [0.29, 0.717) is 25.3 Å². The summed E-state index contributed by atoms with van der Waals surface area (Å²) >= 11 is 1.44. The van der Waals surface area contributed by atoms with Gasteiger partial charge in [0.2, 0.25) is 10.0 Å². The molecule has 8 nitrogen and oxygen atoms in total. The summed E-state index contributed by atoms with van der Waals surface area (Å²) in [6.45, 7) is 3.56. The van der Waals surface area contributed by atoms with E-state index in [1.165, 1.54) is 11.3 Å². The van der Waals surface area contributed by atoms with Crippen molar-refractivity contribution in [3.63, 3.8) is 0 Å². The van der Waals surface area contributed by atoms with E-state index in [2.05, 4.69) is 14.8 Å². The molecule has 3 rings (SSSR count). The highest BCUT2D eigenvalue weighted by atomic mass is 32.2. The molecule has 24 heavy (non-hydrogen) atoms. The Labute approximate surface area is 144 Å². The summed E-state index contributed by atoms with van der Waals surface area (Å²) in [5.74, 6) is -0.206. The van der Waals surface area contributed by atoms with E-state index in [1.54, 1.807) is 16.5 Å². The predicted octanol–water partition coefficient (Wildman–Crippen LogP) is 0.469. The Bertz CT molecular complexity index is 842. The number of fused-ring (bicyclic) bond motifs is 1.